The van der Waals surface area contributed by atoms with Crippen molar-refractivity contribution < 1.29 is 14.3 Å². The molecule has 0 radical (unpaired) electrons. The molecule has 2 aromatic rings. The van der Waals surface area contributed by atoms with Gasteiger partial charge in [0.2, 0.25) is 0 Å². The number of piperidine rings is 1. The van der Waals surface area contributed by atoms with Crippen LogP contribution >= 0.6 is 11.6 Å². The Labute approximate surface area is 186 Å². The van der Waals surface area contributed by atoms with Gasteiger partial charge in [0, 0.05) is 36.6 Å². The molecule has 1 saturated heterocycles. The number of hydrogen-bond donors (Lipinski definition) is 1. The molecule has 1 aromatic carbocycles. The van der Waals surface area contributed by atoms with Gasteiger partial charge < -0.3 is 14.5 Å². The second-order valence-corrected chi connectivity index (χ2v) is 8.23. The fourth-order valence-corrected chi connectivity index (χ4v) is 4.29. The van der Waals surface area contributed by atoms with E-state index in [1.807, 2.05) is 15.9 Å². The van der Waals surface area contributed by atoms with Crippen LogP contribution < -0.4 is 15.1 Å². The zero-order chi connectivity index (χ0) is 22.1. The minimum absolute atomic E-state index is 0.0570. The number of nitrogens with one attached hydrogen (secondary N) is 1. The van der Waals surface area contributed by atoms with Gasteiger partial charge in [-0.15, -0.1) is 0 Å². The number of carbonyl (C=O) groups excluding carboxylic acids is 2. The van der Waals surface area contributed by atoms with Crippen LogP contribution in [0.15, 0.2) is 42.6 Å². The molecule has 0 saturated carbocycles. The minimum atomic E-state index is -0.317. The largest absolute Gasteiger partial charge is 0.488 e. The molecule has 4 rings (SSSR count). The molecule has 162 valence electrons. The molecule has 3 heterocycles. The van der Waals surface area contributed by atoms with Gasteiger partial charge in [-0.3, -0.25) is 19.6 Å². The number of likely N-dealkylation sites (tertiary alicyclic amines) is 1. The van der Waals surface area contributed by atoms with Crippen LogP contribution in [0.2, 0.25) is 5.02 Å². The van der Waals surface area contributed by atoms with Crippen LogP contribution in [0.3, 0.4) is 0 Å². The van der Waals surface area contributed by atoms with E-state index in [0.29, 0.717) is 35.1 Å². The Morgan fingerprint density at radius 2 is 1.87 bits per heavy atom. The first kappa shape index (κ1) is 21.2. The van der Waals surface area contributed by atoms with Crippen LogP contribution in [0.25, 0.3) is 0 Å². The lowest BCUT2D eigenvalue weighted by atomic mass is 10.1. The zero-order valence-corrected chi connectivity index (χ0v) is 18.2. The molecule has 1 fully saturated rings. The standard InChI is InChI=1S/C23H25ClN4O3/c1-15(2)22(29)28-11-8-16(14-19(28)25)27-12-13-31-21-18(27)7-6-17(20(21)24)23(30)26-9-4-3-5-10-26/h6-8,11,14,25H,1,3-5,9-10,12-13H2,2H3. The Bertz CT molecular complexity index is 1120. The normalized spacial score (nSPS) is 15.8. The first-order valence-electron chi connectivity index (χ1n) is 10.4. The van der Waals surface area contributed by atoms with E-state index >= 15 is 0 Å². The highest BCUT2D eigenvalue weighted by molar-refractivity contribution is 6.36. The summed E-state index contributed by atoms with van der Waals surface area (Å²) < 4.78 is 7.10. The van der Waals surface area contributed by atoms with Gasteiger partial charge in [-0.25, -0.2) is 0 Å². The number of nitrogens with zero attached hydrogens (tertiary/aromatic N) is 3. The van der Waals surface area contributed by atoms with Crippen molar-refractivity contribution in [2.75, 3.05) is 31.1 Å². The first-order valence-corrected chi connectivity index (χ1v) is 10.8. The van der Waals surface area contributed by atoms with E-state index in [1.54, 1.807) is 31.3 Å². The molecule has 1 amide bonds. The SMILES string of the molecule is C=C(C)C(=O)n1ccc(N2CCOc3c2ccc(C(=O)N2CCCCC2)c3Cl)cc1=N. The van der Waals surface area contributed by atoms with Crippen LogP contribution in [0.5, 0.6) is 5.75 Å². The fraction of sp³-hybridized carbons (Fsp3) is 0.348. The Morgan fingerprint density at radius 3 is 2.55 bits per heavy atom. The summed E-state index contributed by atoms with van der Waals surface area (Å²) in [6.45, 7) is 7.71. The number of rotatable bonds is 3. The lowest BCUT2D eigenvalue weighted by Crippen LogP contribution is -2.36. The number of allylic oxidation sites excluding steroid dienone is 1. The third kappa shape index (κ3) is 3.97. The maximum absolute atomic E-state index is 13.0. The van der Waals surface area contributed by atoms with Crippen molar-refractivity contribution in [1.29, 1.82) is 5.41 Å². The summed E-state index contributed by atoms with van der Waals surface area (Å²) in [6.07, 6.45) is 4.73. The summed E-state index contributed by atoms with van der Waals surface area (Å²) in [5.74, 6) is 0.0839. The summed E-state index contributed by atoms with van der Waals surface area (Å²) in [4.78, 5) is 29.0. The Kier molecular flexibility index (Phi) is 5.87. The van der Waals surface area contributed by atoms with E-state index in [-0.39, 0.29) is 17.3 Å². The fourth-order valence-electron chi connectivity index (χ4n) is 4.00. The number of halogens is 1. The predicted molar refractivity (Wildman–Crippen MR) is 119 cm³/mol. The summed E-state index contributed by atoms with van der Waals surface area (Å²) in [5.41, 5.74) is 2.34. The monoisotopic (exact) mass is 440 g/mol. The van der Waals surface area contributed by atoms with Crippen molar-refractivity contribution in [3.8, 4) is 5.75 Å². The van der Waals surface area contributed by atoms with Gasteiger partial charge in [0.05, 0.1) is 22.8 Å². The summed E-state index contributed by atoms with van der Waals surface area (Å²) in [6, 6.07) is 6.97. The average Bonchev–Trinajstić information content (AvgIpc) is 2.78. The molecule has 1 N–H and O–H groups in total. The molecule has 7 nitrogen and oxygen atoms in total. The third-order valence-electron chi connectivity index (χ3n) is 5.64. The molecule has 0 bridgehead atoms. The van der Waals surface area contributed by atoms with Crippen molar-refractivity contribution in [2.45, 2.75) is 26.2 Å². The Hall–Kier alpha value is -3.06. The number of hydrogen-bond acceptors (Lipinski definition) is 5. The second kappa shape index (κ2) is 8.59. The van der Waals surface area contributed by atoms with Crippen molar-refractivity contribution in [3.63, 3.8) is 0 Å². The van der Waals surface area contributed by atoms with Gasteiger partial charge in [0.25, 0.3) is 11.8 Å². The summed E-state index contributed by atoms with van der Waals surface area (Å²) in [7, 11) is 0. The van der Waals surface area contributed by atoms with Crippen LogP contribution in [0.4, 0.5) is 11.4 Å². The maximum atomic E-state index is 13.0. The number of fused-ring (bicyclic) bond motifs is 1. The van der Waals surface area contributed by atoms with Crippen LogP contribution in [-0.4, -0.2) is 47.5 Å². The van der Waals surface area contributed by atoms with Gasteiger partial charge in [0.1, 0.15) is 12.1 Å². The average molecular weight is 441 g/mol. The van der Waals surface area contributed by atoms with E-state index in [2.05, 4.69) is 6.58 Å². The zero-order valence-electron chi connectivity index (χ0n) is 17.5. The van der Waals surface area contributed by atoms with E-state index in [9.17, 15) is 9.59 Å². The highest BCUT2D eigenvalue weighted by atomic mass is 35.5. The highest BCUT2D eigenvalue weighted by Gasteiger charge is 2.28. The van der Waals surface area contributed by atoms with Crippen molar-refractivity contribution in [1.82, 2.24) is 9.47 Å². The number of amides is 1. The van der Waals surface area contributed by atoms with E-state index in [1.165, 1.54) is 4.57 Å². The molecule has 0 unspecified atom stereocenters. The van der Waals surface area contributed by atoms with E-state index in [4.69, 9.17) is 21.7 Å². The summed E-state index contributed by atoms with van der Waals surface area (Å²) >= 11 is 6.63. The van der Waals surface area contributed by atoms with Gasteiger partial charge in [-0.2, -0.15) is 0 Å². The lowest BCUT2D eigenvalue weighted by Gasteiger charge is -2.33. The van der Waals surface area contributed by atoms with Gasteiger partial charge in [-0.05, 0) is 44.4 Å². The molecule has 0 spiro atoms. The number of aromatic nitrogens is 1. The summed E-state index contributed by atoms with van der Waals surface area (Å²) in [5, 5.41) is 8.56. The number of benzene rings is 1. The first-order chi connectivity index (χ1) is 14.9. The van der Waals surface area contributed by atoms with Gasteiger partial charge in [-0.1, -0.05) is 18.2 Å². The Morgan fingerprint density at radius 1 is 1.13 bits per heavy atom. The topological polar surface area (TPSA) is 78.6 Å². The predicted octanol–water partition coefficient (Wildman–Crippen LogP) is 3.99. The number of anilines is 2. The molecule has 0 atom stereocenters. The quantitative estimate of drug-likeness (QED) is 0.732. The highest BCUT2D eigenvalue weighted by Crippen LogP contribution is 2.43. The number of carbonyl (C=O) groups is 2. The van der Waals surface area contributed by atoms with Gasteiger partial charge >= 0.3 is 0 Å². The molecule has 8 heteroatoms. The molecular formula is C23H25ClN4O3. The third-order valence-corrected chi connectivity index (χ3v) is 6.01. The molecule has 2 aliphatic rings. The van der Waals surface area contributed by atoms with Crippen LogP contribution in [0, 0.1) is 5.41 Å². The molecule has 2 aliphatic heterocycles. The molecule has 31 heavy (non-hydrogen) atoms. The Balaban J connectivity index is 1.67. The van der Waals surface area contributed by atoms with Crippen molar-refractivity contribution in [2.24, 2.45) is 0 Å². The van der Waals surface area contributed by atoms with Crippen molar-refractivity contribution >= 4 is 34.8 Å². The van der Waals surface area contributed by atoms with Crippen LogP contribution in [-0.2, 0) is 0 Å². The van der Waals surface area contributed by atoms with Crippen LogP contribution in [0.1, 0.15) is 41.3 Å². The van der Waals surface area contributed by atoms with Gasteiger partial charge in [0.15, 0.2) is 5.75 Å². The van der Waals surface area contributed by atoms with E-state index < -0.39 is 0 Å². The minimum Gasteiger partial charge on any atom is -0.488 e. The molecule has 0 aliphatic carbocycles. The van der Waals surface area contributed by atoms with Crippen molar-refractivity contribution in [3.05, 3.63) is 58.7 Å². The molecular weight excluding hydrogens is 416 g/mol. The number of ether oxygens (including phenoxy) is 1. The maximum Gasteiger partial charge on any atom is 0.258 e. The second-order valence-electron chi connectivity index (χ2n) is 7.85. The van der Waals surface area contributed by atoms with E-state index in [0.717, 1.165) is 43.7 Å². The smallest absolute Gasteiger partial charge is 0.258 e. The lowest BCUT2D eigenvalue weighted by molar-refractivity contribution is 0.0724. The number of pyridine rings is 1. The molecule has 1 aromatic heterocycles.